The number of nitrogens with one attached hydrogen (secondary N) is 2. The normalized spacial score (nSPS) is 15.5. The van der Waals surface area contributed by atoms with Crippen molar-refractivity contribution in [3.63, 3.8) is 0 Å². The number of hydrogen-bond acceptors (Lipinski definition) is 5. The van der Waals surface area contributed by atoms with Crippen molar-refractivity contribution in [2.24, 2.45) is 5.50 Å². The average molecular weight is 359 g/mol. The van der Waals surface area contributed by atoms with Crippen molar-refractivity contribution < 1.29 is 47.7 Å². The Morgan fingerprint density at radius 1 is 0.789 bits per heavy atom. The summed E-state index contributed by atoms with van der Waals surface area (Å²) in [4.78, 5) is 0. The van der Waals surface area contributed by atoms with Gasteiger partial charge in [0.1, 0.15) is 0 Å². The van der Waals surface area contributed by atoms with E-state index in [1.54, 1.807) is 0 Å². The van der Waals surface area contributed by atoms with Crippen LogP contribution in [-0.2, 0) is 24.6 Å². The van der Waals surface area contributed by atoms with Gasteiger partial charge in [0.25, 0.3) is 0 Å². The maximum Gasteiger partial charge on any atom is 0.511 e. The zero-order valence-electron chi connectivity index (χ0n) is 8.15. The topological polar surface area (TPSA) is 135 Å². The van der Waals surface area contributed by atoms with Crippen LogP contribution in [0.4, 0.5) is 26.3 Å². The van der Waals surface area contributed by atoms with Crippen LogP contribution in [-0.4, -0.2) is 27.9 Å². The van der Waals surface area contributed by atoms with Crippen molar-refractivity contribution in [2.75, 3.05) is 0 Å². The molecule has 0 fully saturated rings. The first-order valence-electron chi connectivity index (χ1n) is 3.51. The highest BCUT2D eigenvalue weighted by Gasteiger charge is 2.53. The molecule has 4 N–H and O–H groups in total. The van der Waals surface area contributed by atoms with Crippen molar-refractivity contribution in [2.45, 2.75) is 11.0 Å². The predicted octanol–water partition coefficient (Wildman–Crippen LogP) is -0.0684. The van der Waals surface area contributed by atoms with Gasteiger partial charge in [0.05, 0.1) is 0 Å². The molecule has 0 radical (unpaired) electrons. The Balaban J connectivity index is 5.34. The smallest absolute Gasteiger partial charge is 0.269 e. The molecule has 8 nitrogen and oxygen atoms in total. The minimum Gasteiger partial charge on any atom is -0.269 e. The molecule has 0 bridgehead atoms. The van der Waals surface area contributed by atoms with Crippen LogP contribution in [0.1, 0.15) is 0 Å². The van der Waals surface area contributed by atoms with Gasteiger partial charge < -0.3 is 0 Å². The number of hydrogen-bond donors (Lipinski definition) is 3. The number of rotatable bonds is 4. The van der Waals surface area contributed by atoms with Gasteiger partial charge in [-0.3, -0.25) is 10.1 Å². The third kappa shape index (κ3) is 4.88. The Hall–Kier alpha value is -0.410. The second-order valence-corrected chi connectivity index (χ2v) is 8.46. The molecule has 116 valence electrons. The van der Waals surface area contributed by atoms with E-state index in [0.29, 0.717) is 0 Å². The number of nitrogens with two attached hydrogens (primary N) is 1. The van der Waals surface area contributed by atoms with Crippen LogP contribution >= 0.6 is 7.59 Å². The van der Waals surface area contributed by atoms with Crippen molar-refractivity contribution in [3.05, 3.63) is 0 Å². The van der Waals surface area contributed by atoms with Crippen LogP contribution in [0.2, 0.25) is 0 Å². The van der Waals surface area contributed by atoms with E-state index in [4.69, 9.17) is 0 Å². The van der Waals surface area contributed by atoms with E-state index in [-0.39, 0.29) is 8.99 Å². The molecule has 17 heteroatoms. The molecule has 0 spiro atoms. The number of sulfonamides is 2. The molecule has 0 unspecified atom stereocenters. The lowest BCUT2D eigenvalue weighted by Gasteiger charge is -2.17. The van der Waals surface area contributed by atoms with Crippen molar-refractivity contribution in [1.82, 2.24) is 8.99 Å². The van der Waals surface area contributed by atoms with Crippen molar-refractivity contribution >= 4 is 27.6 Å². The van der Waals surface area contributed by atoms with Gasteiger partial charge in [0, 0.05) is 0 Å². The van der Waals surface area contributed by atoms with E-state index in [0.717, 1.165) is 0 Å². The summed E-state index contributed by atoms with van der Waals surface area (Å²) >= 11 is 0. The van der Waals surface area contributed by atoms with Crippen LogP contribution in [0.25, 0.3) is 0 Å². The maximum absolute atomic E-state index is 11.8. The second-order valence-electron chi connectivity index (χ2n) is 2.74. The molecule has 0 aromatic heterocycles. The van der Waals surface area contributed by atoms with Crippen molar-refractivity contribution in [3.8, 4) is 0 Å². The first-order chi connectivity index (χ1) is 7.91. The fourth-order valence-electron chi connectivity index (χ4n) is 0.479. The molecular weight excluding hydrogens is 355 g/mol. The van der Waals surface area contributed by atoms with Crippen molar-refractivity contribution in [1.29, 1.82) is 0 Å². The van der Waals surface area contributed by atoms with E-state index in [1.807, 2.05) is 0 Å². The summed E-state index contributed by atoms with van der Waals surface area (Å²) in [6.45, 7) is 0. The lowest BCUT2D eigenvalue weighted by atomic mass is 11.6. The molecule has 0 aliphatic carbocycles. The average Bonchev–Trinajstić information content (AvgIpc) is 1.93. The Morgan fingerprint density at radius 3 is 1.16 bits per heavy atom. The van der Waals surface area contributed by atoms with Gasteiger partial charge in [-0.1, -0.05) is 0 Å². The van der Waals surface area contributed by atoms with Crippen LogP contribution in [0, 0.1) is 0 Å². The Morgan fingerprint density at radius 2 is 1.00 bits per heavy atom. The zero-order chi connectivity index (χ0) is 15.9. The number of alkyl halides is 6. The minimum atomic E-state index is -6.41. The predicted molar refractivity (Wildman–Crippen MR) is 48.0 cm³/mol. The van der Waals surface area contributed by atoms with Gasteiger partial charge in [-0.2, -0.15) is 26.3 Å². The summed E-state index contributed by atoms with van der Waals surface area (Å²) in [7, 11) is -18.6. The molecular formula is C2H4F6N3O5PS2. The Kier molecular flexibility index (Phi) is 4.75. The highest BCUT2D eigenvalue weighted by atomic mass is 32.2. The largest absolute Gasteiger partial charge is 0.511 e. The molecule has 0 rings (SSSR count). The minimum absolute atomic E-state index is 0.0910. The summed E-state index contributed by atoms with van der Waals surface area (Å²) in [6.07, 6.45) is 0. The summed E-state index contributed by atoms with van der Waals surface area (Å²) in [5.41, 5.74) is -7.84. The fourth-order valence-corrected chi connectivity index (χ4v) is 4.65. The summed E-state index contributed by atoms with van der Waals surface area (Å²) in [6, 6.07) is 0. The van der Waals surface area contributed by atoms with Gasteiger partial charge in [-0.05, 0) is 0 Å². The Bertz CT molecular complexity index is 539. The molecule has 0 saturated heterocycles. The SMILES string of the molecule is NP(=O)(NS(=O)(=O)C(F)(F)F)NS(=O)(=O)C(F)(F)F. The van der Waals surface area contributed by atoms with E-state index in [1.165, 1.54) is 0 Å². The van der Waals surface area contributed by atoms with Gasteiger partial charge in [0.2, 0.25) is 0 Å². The van der Waals surface area contributed by atoms with Crippen LogP contribution in [0.5, 0.6) is 0 Å². The molecule has 0 amide bonds. The van der Waals surface area contributed by atoms with Gasteiger partial charge in [-0.15, -0.1) is 8.99 Å². The maximum atomic E-state index is 11.8. The molecule has 0 atom stereocenters. The lowest BCUT2D eigenvalue weighted by molar-refractivity contribution is -0.0443. The number of halogens is 6. The van der Waals surface area contributed by atoms with E-state index in [9.17, 15) is 47.7 Å². The molecule has 0 aliphatic heterocycles. The van der Waals surface area contributed by atoms with Crippen LogP contribution < -0.4 is 14.5 Å². The highest BCUT2D eigenvalue weighted by molar-refractivity contribution is 8.01. The first-order valence-corrected chi connectivity index (χ1v) is 8.25. The standard InChI is InChI=1S/C2H4F6N3O5PS2/c3-1(4,5)18(13,14)10-17(9,12)11-19(15,16)2(6,7)8/h(H4,9,10,11,12). The van der Waals surface area contributed by atoms with Gasteiger partial charge in [0.15, 0.2) is 0 Å². The fraction of sp³-hybridized carbons (Fsp3) is 1.00. The molecule has 0 saturated carbocycles. The van der Waals surface area contributed by atoms with Gasteiger partial charge >= 0.3 is 38.7 Å². The van der Waals surface area contributed by atoms with Crippen LogP contribution in [0.3, 0.4) is 0 Å². The third-order valence-electron chi connectivity index (χ3n) is 1.12. The zero-order valence-corrected chi connectivity index (χ0v) is 10.7. The molecule has 0 heterocycles. The lowest BCUT2D eigenvalue weighted by Crippen LogP contribution is -2.44. The molecule has 0 aliphatic rings. The molecule has 0 aromatic carbocycles. The summed E-state index contributed by atoms with van der Waals surface area (Å²) in [5.74, 6) is 0. The van der Waals surface area contributed by atoms with E-state index >= 15 is 0 Å². The summed E-state index contributed by atoms with van der Waals surface area (Å²) in [5, 5.41) is 0. The monoisotopic (exact) mass is 359 g/mol. The highest BCUT2D eigenvalue weighted by Crippen LogP contribution is 2.36. The van der Waals surface area contributed by atoms with E-state index < -0.39 is 38.7 Å². The third-order valence-corrected chi connectivity index (χ3v) is 6.43. The molecule has 19 heavy (non-hydrogen) atoms. The van der Waals surface area contributed by atoms with Crippen LogP contribution in [0.15, 0.2) is 0 Å². The second kappa shape index (κ2) is 4.85. The van der Waals surface area contributed by atoms with E-state index in [2.05, 4.69) is 5.50 Å². The molecule has 0 aromatic rings. The first kappa shape index (κ1) is 18.6. The quantitative estimate of drug-likeness (QED) is 0.475. The Labute approximate surface area is 102 Å². The summed E-state index contributed by atoms with van der Waals surface area (Å²) < 4.78 is 124. The van der Waals surface area contributed by atoms with Gasteiger partial charge in [-0.25, -0.2) is 16.8 Å².